The maximum Gasteiger partial charge on any atom is 0.335 e. The number of esters is 1. The molecule has 9 nitrogen and oxygen atoms in total. The number of sulfonamides is 1. The Morgan fingerprint density at radius 2 is 1.88 bits per heavy atom. The molecule has 1 atom stereocenters. The van der Waals surface area contributed by atoms with E-state index in [1.165, 1.54) is 24.3 Å². The third-order valence-corrected chi connectivity index (χ3v) is 5.91. The fraction of sp³-hybridized carbons (Fsp3) is 0.273. The number of hydrogen-bond donors (Lipinski definition) is 3. The average Bonchev–Trinajstić information content (AvgIpc) is 3.15. The van der Waals surface area contributed by atoms with Gasteiger partial charge in [-0.25, -0.2) is 18.4 Å². The minimum atomic E-state index is -3.87. The second-order valence-corrected chi connectivity index (χ2v) is 8.67. The molecule has 0 aliphatic heterocycles. The number of amides is 1. The van der Waals surface area contributed by atoms with Crippen LogP contribution >= 0.6 is 0 Å². The van der Waals surface area contributed by atoms with Gasteiger partial charge < -0.3 is 20.1 Å². The summed E-state index contributed by atoms with van der Waals surface area (Å²) < 4.78 is 33.3. The zero-order chi connectivity index (χ0) is 23.3. The second-order valence-electron chi connectivity index (χ2n) is 7.10. The summed E-state index contributed by atoms with van der Waals surface area (Å²) in [7, 11) is -2.30. The van der Waals surface area contributed by atoms with Crippen LogP contribution in [0, 0.1) is 0 Å². The van der Waals surface area contributed by atoms with Crippen molar-refractivity contribution in [2.45, 2.75) is 30.7 Å². The highest BCUT2D eigenvalue weighted by molar-refractivity contribution is 7.89. The third kappa shape index (κ3) is 5.45. The Labute approximate surface area is 186 Å². The molecule has 1 amide bonds. The van der Waals surface area contributed by atoms with E-state index in [0.717, 1.165) is 5.69 Å². The van der Waals surface area contributed by atoms with Crippen molar-refractivity contribution in [3.63, 3.8) is 0 Å². The molecule has 0 spiro atoms. The average molecular weight is 460 g/mol. The maximum absolute atomic E-state index is 12.9. The maximum atomic E-state index is 12.9. The molecular formula is C22H25N3O6S. The van der Waals surface area contributed by atoms with Crippen LogP contribution in [0.2, 0.25) is 0 Å². The van der Waals surface area contributed by atoms with Crippen molar-refractivity contribution >= 4 is 27.6 Å². The van der Waals surface area contributed by atoms with Crippen molar-refractivity contribution in [3.05, 3.63) is 65.4 Å². The van der Waals surface area contributed by atoms with Crippen LogP contribution in [0.25, 0.3) is 0 Å². The molecule has 0 saturated carbocycles. The van der Waals surface area contributed by atoms with E-state index in [1.807, 2.05) is 24.3 Å². The number of benzene rings is 2. The lowest BCUT2D eigenvalue weighted by Gasteiger charge is -2.20. The highest BCUT2D eigenvalue weighted by atomic mass is 32.2. The Morgan fingerprint density at radius 1 is 1.16 bits per heavy atom. The van der Waals surface area contributed by atoms with Gasteiger partial charge in [0.05, 0.1) is 35.9 Å². The minimum absolute atomic E-state index is 0.0982. The summed E-state index contributed by atoms with van der Waals surface area (Å²) in [6, 6.07) is 12.2. The number of anilines is 1. The summed E-state index contributed by atoms with van der Waals surface area (Å²) in [6.45, 7) is 1.93. The Bertz CT molecular complexity index is 1140. The van der Waals surface area contributed by atoms with Gasteiger partial charge >= 0.3 is 5.97 Å². The molecule has 0 bridgehead atoms. The number of carbonyl (C=O) groups excluding carboxylic acids is 2. The largest absolute Gasteiger partial charge is 0.497 e. The van der Waals surface area contributed by atoms with Gasteiger partial charge in [0.2, 0.25) is 10.0 Å². The van der Waals surface area contributed by atoms with Gasteiger partial charge in [0.1, 0.15) is 5.75 Å². The summed E-state index contributed by atoms with van der Waals surface area (Å²) in [4.78, 5) is 25.2. The topological polar surface area (TPSA) is 137 Å². The quantitative estimate of drug-likeness (QED) is 0.515. The number of hydrogen-bond acceptors (Lipinski definition) is 7. The predicted molar refractivity (Wildman–Crippen MR) is 119 cm³/mol. The standard InChI is InChI=1S/C22H25N3O6S/c1-3-31-22(27)18-11-12-19(24-15-5-4-6-16(13-15)30-2)20(18)25-21(26)14-7-9-17(10-8-14)32(23,28)29/h4-10,13,19,24H,3,11-12H2,1-2H3,(H,25,26)(H2,23,28,29). The van der Waals surface area contributed by atoms with Crippen LogP contribution in [0.15, 0.2) is 64.7 Å². The first-order valence-corrected chi connectivity index (χ1v) is 11.5. The molecule has 170 valence electrons. The molecule has 1 aliphatic rings. The van der Waals surface area contributed by atoms with Crippen LogP contribution in [0.3, 0.4) is 0 Å². The molecule has 32 heavy (non-hydrogen) atoms. The monoisotopic (exact) mass is 459 g/mol. The highest BCUT2D eigenvalue weighted by Crippen LogP contribution is 2.30. The van der Waals surface area contributed by atoms with Crippen molar-refractivity contribution in [2.75, 3.05) is 19.0 Å². The molecule has 2 aromatic carbocycles. The summed E-state index contributed by atoms with van der Waals surface area (Å²) >= 11 is 0. The Morgan fingerprint density at radius 3 is 2.50 bits per heavy atom. The minimum Gasteiger partial charge on any atom is -0.497 e. The number of ether oxygens (including phenoxy) is 2. The second kappa shape index (κ2) is 9.84. The molecule has 2 aromatic rings. The van der Waals surface area contributed by atoms with E-state index in [9.17, 15) is 18.0 Å². The van der Waals surface area contributed by atoms with Crippen LogP contribution < -0.4 is 20.5 Å². The van der Waals surface area contributed by atoms with Gasteiger partial charge in [0.15, 0.2) is 0 Å². The van der Waals surface area contributed by atoms with Crippen molar-refractivity contribution < 1.29 is 27.5 Å². The first kappa shape index (κ1) is 23.3. The zero-order valence-corrected chi connectivity index (χ0v) is 18.6. The molecule has 0 radical (unpaired) electrons. The van der Waals surface area contributed by atoms with Gasteiger partial charge in [-0.05, 0) is 56.2 Å². The van der Waals surface area contributed by atoms with E-state index in [1.54, 1.807) is 14.0 Å². The van der Waals surface area contributed by atoms with Gasteiger partial charge in [-0.15, -0.1) is 0 Å². The van der Waals surface area contributed by atoms with Crippen molar-refractivity contribution in [2.24, 2.45) is 5.14 Å². The molecule has 0 aromatic heterocycles. The van der Waals surface area contributed by atoms with Crippen LogP contribution in [-0.2, 0) is 19.6 Å². The molecule has 3 rings (SSSR count). The highest BCUT2D eigenvalue weighted by Gasteiger charge is 2.32. The summed E-state index contributed by atoms with van der Waals surface area (Å²) in [5.74, 6) is -0.299. The van der Waals surface area contributed by atoms with E-state index in [2.05, 4.69) is 10.6 Å². The summed E-state index contributed by atoms with van der Waals surface area (Å²) in [5.41, 5.74) is 1.80. The van der Waals surface area contributed by atoms with E-state index < -0.39 is 21.9 Å². The lowest BCUT2D eigenvalue weighted by molar-refractivity contribution is -0.138. The molecule has 10 heteroatoms. The molecule has 1 aliphatic carbocycles. The third-order valence-electron chi connectivity index (χ3n) is 4.98. The number of nitrogens with two attached hydrogens (primary N) is 1. The number of rotatable bonds is 8. The zero-order valence-electron chi connectivity index (χ0n) is 17.8. The van der Waals surface area contributed by atoms with Crippen LogP contribution in [-0.4, -0.2) is 40.1 Å². The summed E-state index contributed by atoms with van der Waals surface area (Å²) in [6.07, 6.45) is 1.01. The van der Waals surface area contributed by atoms with Crippen LogP contribution in [0.4, 0.5) is 5.69 Å². The van der Waals surface area contributed by atoms with Gasteiger partial charge in [-0.3, -0.25) is 4.79 Å². The normalized spacial score (nSPS) is 15.9. The number of primary sulfonamides is 1. The fourth-order valence-corrected chi connectivity index (χ4v) is 3.94. The van der Waals surface area contributed by atoms with Crippen LogP contribution in [0.5, 0.6) is 5.75 Å². The first-order chi connectivity index (χ1) is 15.2. The summed E-state index contributed by atoms with van der Waals surface area (Å²) in [5, 5.41) is 11.2. The smallest absolute Gasteiger partial charge is 0.335 e. The Hall–Kier alpha value is -3.37. The van der Waals surface area contributed by atoms with Crippen molar-refractivity contribution in [1.82, 2.24) is 5.32 Å². The molecule has 0 heterocycles. The van der Waals surface area contributed by atoms with Gasteiger partial charge in [0.25, 0.3) is 5.91 Å². The Balaban J connectivity index is 1.86. The van der Waals surface area contributed by atoms with Gasteiger partial charge in [-0.1, -0.05) is 6.07 Å². The lowest BCUT2D eigenvalue weighted by Crippen LogP contribution is -2.33. The van der Waals surface area contributed by atoms with E-state index >= 15 is 0 Å². The first-order valence-electron chi connectivity index (χ1n) is 9.98. The lowest BCUT2D eigenvalue weighted by atomic mass is 10.1. The SMILES string of the molecule is CCOC(=O)C1=C(NC(=O)c2ccc(S(N)(=O)=O)cc2)C(Nc2cccc(OC)c2)CC1. The molecule has 1 unspecified atom stereocenters. The Kier molecular flexibility index (Phi) is 7.16. The predicted octanol–water partition coefficient (Wildman–Crippen LogP) is 2.16. The van der Waals surface area contributed by atoms with E-state index in [0.29, 0.717) is 29.9 Å². The molecule has 4 N–H and O–H groups in total. The number of methoxy groups -OCH3 is 1. The van der Waals surface area contributed by atoms with E-state index in [4.69, 9.17) is 14.6 Å². The molecule has 0 fully saturated rings. The van der Waals surface area contributed by atoms with Crippen LogP contribution in [0.1, 0.15) is 30.1 Å². The number of nitrogens with one attached hydrogen (secondary N) is 2. The fourth-order valence-electron chi connectivity index (χ4n) is 3.42. The van der Waals surface area contributed by atoms with Gasteiger partial charge in [-0.2, -0.15) is 0 Å². The van der Waals surface area contributed by atoms with Crippen molar-refractivity contribution in [3.8, 4) is 5.75 Å². The van der Waals surface area contributed by atoms with E-state index in [-0.39, 0.29) is 23.1 Å². The molecular weight excluding hydrogens is 434 g/mol. The number of carbonyl (C=O) groups is 2. The van der Waals surface area contributed by atoms with Gasteiger partial charge in [0, 0.05) is 17.3 Å². The van der Waals surface area contributed by atoms with Crippen molar-refractivity contribution in [1.29, 1.82) is 0 Å². The molecule has 0 saturated heterocycles.